The molecule has 0 spiro atoms. The largest absolute Gasteiger partial charge is 0.463 e. The van der Waals surface area contributed by atoms with E-state index >= 15 is 0 Å². The summed E-state index contributed by atoms with van der Waals surface area (Å²) in [5.41, 5.74) is 0. The summed E-state index contributed by atoms with van der Waals surface area (Å²) in [6.07, 6.45) is 3.84. The third-order valence-corrected chi connectivity index (χ3v) is 4.40. The van der Waals surface area contributed by atoms with Crippen molar-refractivity contribution < 1.29 is 4.42 Å². The highest BCUT2D eigenvalue weighted by molar-refractivity contribution is 5.07. The number of nitrogens with zero attached hydrogens (tertiary/aromatic N) is 1. The predicted octanol–water partition coefficient (Wildman–Crippen LogP) is 3.65. The van der Waals surface area contributed by atoms with Crippen LogP contribution in [0.4, 0.5) is 0 Å². The molecule has 0 atom stereocenters. The Morgan fingerprint density at radius 3 is 2.60 bits per heavy atom. The van der Waals surface area contributed by atoms with Gasteiger partial charge in [-0.05, 0) is 62.9 Å². The average Bonchev–Trinajstić information content (AvgIpc) is 2.87. The van der Waals surface area contributed by atoms with E-state index in [0.29, 0.717) is 0 Å². The van der Waals surface area contributed by atoms with Crippen molar-refractivity contribution in [1.82, 2.24) is 10.2 Å². The van der Waals surface area contributed by atoms with E-state index in [1.54, 1.807) is 0 Å². The third kappa shape index (κ3) is 4.64. The first-order valence-electron chi connectivity index (χ1n) is 8.19. The van der Waals surface area contributed by atoms with E-state index in [2.05, 4.69) is 43.1 Å². The van der Waals surface area contributed by atoms with Crippen LogP contribution in [0, 0.1) is 11.8 Å². The average molecular weight is 278 g/mol. The van der Waals surface area contributed by atoms with Crippen molar-refractivity contribution in [3.8, 4) is 0 Å². The lowest BCUT2D eigenvalue weighted by Crippen LogP contribution is -2.34. The standard InChI is InChI=1S/C17H30N2O/c1-4-9-18-12-16-5-6-17(20-16)13-19-10-7-15(8-11-19)14(2)3/h5-6,14-15,18H,4,7-13H2,1-3H3. The monoisotopic (exact) mass is 278 g/mol. The summed E-state index contributed by atoms with van der Waals surface area (Å²) in [6, 6.07) is 4.25. The summed E-state index contributed by atoms with van der Waals surface area (Å²) in [5.74, 6) is 3.92. The Balaban J connectivity index is 1.74. The van der Waals surface area contributed by atoms with Crippen LogP contribution in [0.2, 0.25) is 0 Å². The Morgan fingerprint density at radius 2 is 1.95 bits per heavy atom. The Labute approximate surface area is 123 Å². The zero-order chi connectivity index (χ0) is 14.4. The second-order valence-corrected chi connectivity index (χ2v) is 6.40. The van der Waals surface area contributed by atoms with Crippen molar-refractivity contribution in [2.24, 2.45) is 11.8 Å². The minimum atomic E-state index is 0.831. The lowest BCUT2D eigenvalue weighted by Gasteiger charge is -2.33. The van der Waals surface area contributed by atoms with Crippen molar-refractivity contribution >= 4 is 0 Å². The second-order valence-electron chi connectivity index (χ2n) is 6.40. The Hall–Kier alpha value is -0.800. The zero-order valence-electron chi connectivity index (χ0n) is 13.3. The van der Waals surface area contributed by atoms with Crippen LogP contribution in [0.15, 0.2) is 16.5 Å². The first-order valence-corrected chi connectivity index (χ1v) is 8.19. The van der Waals surface area contributed by atoms with Crippen molar-refractivity contribution in [2.45, 2.75) is 53.1 Å². The number of nitrogens with one attached hydrogen (secondary N) is 1. The van der Waals surface area contributed by atoms with Gasteiger partial charge in [-0.25, -0.2) is 0 Å². The van der Waals surface area contributed by atoms with Gasteiger partial charge in [-0.3, -0.25) is 4.90 Å². The van der Waals surface area contributed by atoms with Crippen LogP contribution in [0.3, 0.4) is 0 Å². The maximum atomic E-state index is 5.90. The molecular weight excluding hydrogens is 248 g/mol. The molecular formula is C17H30N2O. The van der Waals surface area contributed by atoms with E-state index in [1.807, 2.05) is 0 Å². The highest BCUT2D eigenvalue weighted by atomic mass is 16.3. The van der Waals surface area contributed by atoms with Gasteiger partial charge in [0, 0.05) is 0 Å². The third-order valence-electron chi connectivity index (χ3n) is 4.40. The lowest BCUT2D eigenvalue weighted by atomic mass is 9.87. The summed E-state index contributed by atoms with van der Waals surface area (Å²) in [7, 11) is 0. The van der Waals surface area contributed by atoms with E-state index in [9.17, 15) is 0 Å². The van der Waals surface area contributed by atoms with Crippen molar-refractivity contribution in [2.75, 3.05) is 19.6 Å². The van der Waals surface area contributed by atoms with Gasteiger partial charge in [-0.15, -0.1) is 0 Å². The second kappa shape index (κ2) is 7.84. The molecule has 0 unspecified atom stereocenters. The van der Waals surface area contributed by atoms with Crippen LogP contribution in [0.1, 0.15) is 51.6 Å². The highest BCUT2D eigenvalue weighted by Crippen LogP contribution is 2.25. The first-order chi connectivity index (χ1) is 9.69. The molecule has 0 aromatic carbocycles. The number of likely N-dealkylation sites (tertiary alicyclic amines) is 1. The molecule has 0 bridgehead atoms. The van der Waals surface area contributed by atoms with Gasteiger partial charge in [0.1, 0.15) is 11.5 Å². The number of hydrogen-bond acceptors (Lipinski definition) is 3. The first kappa shape index (κ1) is 15.6. The molecule has 1 aliphatic rings. The van der Waals surface area contributed by atoms with Gasteiger partial charge in [0.05, 0.1) is 13.1 Å². The quantitative estimate of drug-likeness (QED) is 0.772. The summed E-state index contributed by atoms with van der Waals surface area (Å²) in [6.45, 7) is 12.2. The summed E-state index contributed by atoms with van der Waals surface area (Å²) in [4.78, 5) is 2.53. The molecule has 20 heavy (non-hydrogen) atoms. The SMILES string of the molecule is CCCNCc1ccc(CN2CCC(C(C)C)CC2)o1. The van der Waals surface area contributed by atoms with E-state index in [0.717, 1.165) is 43.0 Å². The topological polar surface area (TPSA) is 28.4 Å². The van der Waals surface area contributed by atoms with Gasteiger partial charge in [-0.1, -0.05) is 20.8 Å². The molecule has 2 heterocycles. The predicted molar refractivity (Wildman–Crippen MR) is 83.5 cm³/mol. The summed E-state index contributed by atoms with van der Waals surface area (Å²) in [5, 5.41) is 3.38. The molecule has 1 fully saturated rings. The Bertz CT molecular complexity index is 378. The molecule has 0 amide bonds. The van der Waals surface area contributed by atoms with Crippen LogP contribution in [-0.4, -0.2) is 24.5 Å². The Morgan fingerprint density at radius 1 is 1.25 bits per heavy atom. The van der Waals surface area contributed by atoms with Crippen LogP contribution in [0.5, 0.6) is 0 Å². The van der Waals surface area contributed by atoms with Crippen molar-refractivity contribution in [3.05, 3.63) is 23.7 Å². The van der Waals surface area contributed by atoms with Gasteiger partial charge in [0.15, 0.2) is 0 Å². The fraction of sp³-hybridized carbons (Fsp3) is 0.765. The van der Waals surface area contributed by atoms with Gasteiger partial charge in [-0.2, -0.15) is 0 Å². The molecule has 3 heteroatoms. The molecule has 0 saturated carbocycles. The van der Waals surface area contributed by atoms with Gasteiger partial charge in [0.25, 0.3) is 0 Å². The van der Waals surface area contributed by atoms with Crippen molar-refractivity contribution in [3.63, 3.8) is 0 Å². The summed E-state index contributed by atoms with van der Waals surface area (Å²) < 4.78 is 5.90. The molecule has 114 valence electrons. The van der Waals surface area contributed by atoms with Crippen molar-refractivity contribution in [1.29, 1.82) is 0 Å². The number of rotatable bonds is 7. The molecule has 1 saturated heterocycles. The zero-order valence-corrected chi connectivity index (χ0v) is 13.3. The Kier molecular flexibility index (Phi) is 6.11. The van der Waals surface area contributed by atoms with Gasteiger partial charge in [0.2, 0.25) is 0 Å². The summed E-state index contributed by atoms with van der Waals surface area (Å²) >= 11 is 0. The molecule has 3 nitrogen and oxygen atoms in total. The van der Waals surface area contributed by atoms with Crippen LogP contribution in [0.25, 0.3) is 0 Å². The van der Waals surface area contributed by atoms with Crippen LogP contribution >= 0.6 is 0 Å². The van der Waals surface area contributed by atoms with Crippen LogP contribution < -0.4 is 5.32 Å². The molecule has 1 aliphatic heterocycles. The lowest BCUT2D eigenvalue weighted by molar-refractivity contribution is 0.143. The molecule has 1 N–H and O–H groups in total. The minimum Gasteiger partial charge on any atom is -0.463 e. The molecule has 0 aliphatic carbocycles. The minimum absolute atomic E-state index is 0.831. The number of furan rings is 1. The van der Waals surface area contributed by atoms with E-state index in [1.165, 1.54) is 32.4 Å². The molecule has 1 aromatic rings. The van der Waals surface area contributed by atoms with Crippen LogP contribution in [-0.2, 0) is 13.1 Å². The van der Waals surface area contributed by atoms with E-state index in [4.69, 9.17) is 4.42 Å². The smallest absolute Gasteiger partial charge is 0.118 e. The van der Waals surface area contributed by atoms with E-state index < -0.39 is 0 Å². The van der Waals surface area contributed by atoms with Gasteiger partial charge < -0.3 is 9.73 Å². The molecule has 0 radical (unpaired) electrons. The molecule has 1 aromatic heterocycles. The maximum Gasteiger partial charge on any atom is 0.118 e. The number of hydrogen-bond donors (Lipinski definition) is 1. The number of piperidine rings is 1. The highest BCUT2D eigenvalue weighted by Gasteiger charge is 2.22. The normalized spacial score (nSPS) is 18.0. The fourth-order valence-electron chi connectivity index (χ4n) is 2.99. The molecule has 2 rings (SSSR count). The van der Waals surface area contributed by atoms with Gasteiger partial charge >= 0.3 is 0 Å². The maximum absolute atomic E-state index is 5.90. The fourth-order valence-corrected chi connectivity index (χ4v) is 2.99. The van der Waals surface area contributed by atoms with E-state index in [-0.39, 0.29) is 0 Å².